The minimum atomic E-state index is -0.733. The van der Waals surface area contributed by atoms with Gasteiger partial charge < -0.3 is 10.0 Å². The molecule has 0 aliphatic heterocycles. The average molecular weight is 368 g/mol. The number of nitrogens with zero attached hydrogens (tertiary/aromatic N) is 1. The molecule has 130 valence electrons. The van der Waals surface area contributed by atoms with E-state index in [0.29, 0.717) is 12.5 Å². The van der Waals surface area contributed by atoms with Crippen LogP contribution in [0.2, 0.25) is 0 Å². The minimum Gasteiger partial charge on any atom is -0.481 e. The first kappa shape index (κ1) is 20.5. The van der Waals surface area contributed by atoms with Crippen LogP contribution in [0.1, 0.15) is 29.9 Å². The quantitative estimate of drug-likeness (QED) is 0.820. The summed E-state index contributed by atoms with van der Waals surface area (Å²) in [6.07, 6.45) is 1.22. The van der Waals surface area contributed by atoms with Crippen molar-refractivity contribution in [2.75, 3.05) is 20.1 Å². The van der Waals surface area contributed by atoms with Gasteiger partial charge in [-0.25, -0.2) is 0 Å². The summed E-state index contributed by atoms with van der Waals surface area (Å²) >= 11 is 0. The molecule has 0 atom stereocenters. The second-order valence-corrected chi connectivity index (χ2v) is 5.96. The Labute approximate surface area is 155 Å². The van der Waals surface area contributed by atoms with Crippen LogP contribution >= 0.6 is 24.8 Å². The number of hydrogen-bond acceptors (Lipinski definition) is 2. The first-order valence-corrected chi connectivity index (χ1v) is 7.75. The lowest BCUT2D eigenvalue weighted by Crippen LogP contribution is -2.24. The Balaban J connectivity index is 0.00000144. The summed E-state index contributed by atoms with van der Waals surface area (Å²) in [5, 5.41) is 8.78. The van der Waals surface area contributed by atoms with Gasteiger partial charge in [-0.05, 0) is 42.3 Å². The van der Waals surface area contributed by atoms with Gasteiger partial charge in [0.1, 0.15) is 0 Å². The van der Waals surface area contributed by atoms with Gasteiger partial charge in [-0.1, -0.05) is 48.5 Å². The summed E-state index contributed by atoms with van der Waals surface area (Å²) in [5.74, 6) is -0.317. The van der Waals surface area contributed by atoms with Crippen molar-refractivity contribution in [2.24, 2.45) is 0 Å². The van der Waals surface area contributed by atoms with Gasteiger partial charge in [0, 0.05) is 12.5 Å². The van der Waals surface area contributed by atoms with Crippen LogP contribution in [-0.4, -0.2) is 36.1 Å². The standard InChI is InChI=1S/C19H21NO2.2ClH/c1-20(13-11-19(21)22)12-10-18-16-8-4-2-6-14(16)15-7-3-5-9-17(15)18;;/h2-9,18H,10-13H2,1H3,(H,21,22);2*1H. The monoisotopic (exact) mass is 367 g/mol. The zero-order valence-corrected chi connectivity index (χ0v) is 15.3. The van der Waals surface area contributed by atoms with Gasteiger partial charge in [-0.3, -0.25) is 4.79 Å². The lowest BCUT2D eigenvalue weighted by molar-refractivity contribution is -0.137. The molecule has 1 aliphatic carbocycles. The molecule has 24 heavy (non-hydrogen) atoms. The molecule has 0 aromatic heterocycles. The van der Waals surface area contributed by atoms with Crippen LogP contribution in [0.5, 0.6) is 0 Å². The summed E-state index contributed by atoms with van der Waals surface area (Å²) in [6, 6.07) is 17.2. The highest BCUT2D eigenvalue weighted by atomic mass is 35.5. The largest absolute Gasteiger partial charge is 0.481 e. The molecule has 2 aromatic carbocycles. The molecule has 1 N–H and O–H groups in total. The second-order valence-electron chi connectivity index (χ2n) is 5.96. The summed E-state index contributed by atoms with van der Waals surface area (Å²) in [7, 11) is 2.00. The SMILES string of the molecule is CN(CCC(=O)O)CCC1c2ccccc2-c2ccccc21.Cl.Cl. The highest BCUT2D eigenvalue weighted by molar-refractivity contribution is 5.85. The smallest absolute Gasteiger partial charge is 0.304 e. The molecule has 3 nitrogen and oxygen atoms in total. The third-order valence-electron chi connectivity index (χ3n) is 4.47. The van der Waals surface area contributed by atoms with E-state index < -0.39 is 5.97 Å². The van der Waals surface area contributed by atoms with E-state index in [9.17, 15) is 4.79 Å². The Morgan fingerprint density at radius 1 is 0.958 bits per heavy atom. The first-order valence-electron chi connectivity index (χ1n) is 7.75. The molecule has 0 unspecified atom stereocenters. The molecule has 0 bridgehead atoms. The van der Waals surface area contributed by atoms with E-state index >= 15 is 0 Å². The van der Waals surface area contributed by atoms with Crippen LogP contribution in [0.25, 0.3) is 11.1 Å². The molecule has 0 heterocycles. The zero-order valence-electron chi connectivity index (χ0n) is 13.6. The van der Waals surface area contributed by atoms with Crippen molar-refractivity contribution >= 4 is 30.8 Å². The number of carbonyl (C=O) groups is 1. The van der Waals surface area contributed by atoms with Gasteiger partial charge in [-0.15, -0.1) is 24.8 Å². The van der Waals surface area contributed by atoms with Gasteiger partial charge in [0.15, 0.2) is 0 Å². The maximum Gasteiger partial charge on any atom is 0.304 e. The highest BCUT2D eigenvalue weighted by Gasteiger charge is 2.27. The molecule has 5 heteroatoms. The van der Waals surface area contributed by atoms with Crippen LogP contribution in [0.3, 0.4) is 0 Å². The van der Waals surface area contributed by atoms with Crippen molar-refractivity contribution in [1.29, 1.82) is 0 Å². The zero-order chi connectivity index (χ0) is 15.5. The number of fused-ring (bicyclic) bond motifs is 3. The maximum atomic E-state index is 10.7. The van der Waals surface area contributed by atoms with E-state index in [2.05, 4.69) is 53.4 Å². The summed E-state index contributed by atoms with van der Waals surface area (Å²) < 4.78 is 0. The van der Waals surface area contributed by atoms with Gasteiger partial charge in [0.25, 0.3) is 0 Å². The predicted octanol–water partition coefficient (Wildman–Crippen LogP) is 4.44. The molecule has 0 radical (unpaired) electrons. The van der Waals surface area contributed by atoms with Crippen molar-refractivity contribution in [3.05, 3.63) is 59.7 Å². The third-order valence-corrected chi connectivity index (χ3v) is 4.47. The molecule has 2 aromatic rings. The lowest BCUT2D eigenvalue weighted by Gasteiger charge is -2.19. The van der Waals surface area contributed by atoms with E-state index in [4.69, 9.17) is 5.11 Å². The number of hydrogen-bond donors (Lipinski definition) is 1. The molecule has 0 fully saturated rings. The number of carboxylic acid groups (broad SMARTS) is 1. The number of halogens is 2. The molecular formula is C19H23Cl2NO2. The Hall–Kier alpha value is -1.55. The van der Waals surface area contributed by atoms with E-state index in [1.54, 1.807) is 0 Å². The van der Waals surface area contributed by atoms with Crippen molar-refractivity contribution in [1.82, 2.24) is 4.90 Å². The summed E-state index contributed by atoms with van der Waals surface area (Å²) in [4.78, 5) is 12.8. The average Bonchev–Trinajstić information content (AvgIpc) is 2.85. The molecule has 0 spiro atoms. The second kappa shape index (κ2) is 9.07. The Kier molecular flexibility index (Phi) is 7.74. The Bertz CT molecular complexity index is 645. The maximum absolute atomic E-state index is 10.7. The number of aliphatic carboxylic acids is 1. The van der Waals surface area contributed by atoms with Crippen molar-refractivity contribution in [3.63, 3.8) is 0 Å². The van der Waals surface area contributed by atoms with Gasteiger partial charge >= 0.3 is 5.97 Å². The lowest BCUT2D eigenvalue weighted by atomic mass is 9.93. The van der Waals surface area contributed by atoms with Crippen LogP contribution in [0, 0.1) is 0 Å². The van der Waals surface area contributed by atoms with Crippen LogP contribution in [-0.2, 0) is 4.79 Å². The highest BCUT2D eigenvalue weighted by Crippen LogP contribution is 2.45. The Morgan fingerprint density at radius 2 is 1.46 bits per heavy atom. The van der Waals surface area contributed by atoms with Gasteiger partial charge in [-0.2, -0.15) is 0 Å². The predicted molar refractivity (Wildman–Crippen MR) is 103 cm³/mol. The van der Waals surface area contributed by atoms with Crippen molar-refractivity contribution in [3.8, 4) is 11.1 Å². The Morgan fingerprint density at radius 3 is 1.96 bits per heavy atom. The molecule has 0 saturated heterocycles. The van der Waals surface area contributed by atoms with Crippen LogP contribution < -0.4 is 0 Å². The fourth-order valence-corrected chi connectivity index (χ4v) is 3.32. The molecular weight excluding hydrogens is 345 g/mol. The van der Waals surface area contributed by atoms with E-state index in [1.165, 1.54) is 22.3 Å². The third kappa shape index (κ3) is 4.29. The molecule has 0 amide bonds. The fourth-order valence-electron chi connectivity index (χ4n) is 3.32. The van der Waals surface area contributed by atoms with Crippen LogP contribution in [0.4, 0.5) is 0 Å². The van der Waals surface area contributed by atoms with Gasteiger partial charge in [0.05, 0.1) is 6.42 Å². The summed E-state index contributed by atoms with van der Waals surface area (Å²) in [5.41, 5.74) is 5.48. The number of benzene rings is 2. The van der Waals surface area contributed by atoms with Crippen molar-refractivity contribution < 1.29 is 9.90 Å². The van der Waals surface area contributed by atoms with Gasteiger partial charge in [0.2, 0.25) is 0 Å². The normalized spacial score (nSPS) is 12.1. The first-order chi connectivity index (χ1) is 10.7. The van der Waals surface area contributed by atoms with E-state index in [1.807, 2.05) is 7.05 Å². The fraction of sp³-hybridized carbons (Fsp3) is 0.316. The minimum absolute atomic E-state index is 0. The number of rotatable bonds is 6. The molecule has 0 saturated carbocycles. The molecule has 1 aliphatic rings. The summed E-state index contributed by atoms with van der Waals surface area (Å²) in [6.45, 7) is 1.51. The van der Waals surface area contributed by atoms with E-state index in [-0.39, 0.29) is 31.2 Å². The number of carboxylic acids is 1. The van der Waals surface area contributed by atoms with E-state index in [0.717, 1.165) is 13.0 Å². The topological polar surface area (TPSA) is 40.5 Å². The van der Waals surface area contributed by atoms with Crippen LogP contribution in [0.15, 0.2) is 48.5 Å². The molecule has 3 rings (SSSR count). The van der Waals surface area contributed by atoms with Crippen molar-refractivity contribution in [2.45, 2.75) is 18.8 Å².